The Hall–Kier alpha value is -2.21. The third-order valence-corrected chi connectivity index (χ3v) is 1.92. The van der Waals surface area contributed by atoms with E-state index in [-0.39, 0.29) is 0 Å². The average molecular weight is 197 g/mol. The van der Waals surface area contributed by atoms with Gasteiger partial charge in [-0.15, -0.1) is 0 Å². The lowest BCUT2D eigenvalue weighted by atomic mass is 10.2. The van der Waals surface area contributed by atoms with Crippen molar-refractivity contribution in [2.45, 2.75) is 6.54 Å². The number of aromatic nitrogens is 2. The summed E-state index contributed by atoms with van der Waals surface area (Å²) in [5.74, 6) is 6.06. The Bertz CT molecular complexity index is 489. The first kappa shape index (κ1) is 9.35. The summed E-state index contributed by atoms with van der Waals surface area (Å²) in [5, 5.41) is 4.05. The van der Waals surface area contributed by atoms with Crippen molar-refractivity contribution in [3.63, 3.8) is 0 Å². The molecule has 0 saturated heterocycles. The van der Waals surface area contributed by atoms with Crippen molar-refractivity contribution >= 4 is 5.69 Å². The van der Waals surface area contributed by atoms with Crippen LogP contribution in [0.3, 0.4) is 0 Å². The second kappa shape index (κ2) is 4.34. The number of hydrogen-bond donors (Lipinski definition) is 1. The van der Waals surface area contributed by atoms with Gasteiger partial charge < -0.3 is 5.73 Å². The van der Waals surface area contributed by atoms with E-state index in [1.807, 2.05) is 36.5 Å². The van der Waals surface area contributed by atoms with Crippen molar-refractivity contribution in [1.82, 2.24) is 9.78 Å². The molecule has 0 amide bonds. The van der Waals surface area contributed by atoms with E-state index < -0.39 is 0 Å². The van der Waals surface area contributed by atoms with Gasteiger partial charge in [0.1, 0.15) is 6.54 Å². The smallest absolute Gasteiger partial charge is 0.102 e. The predicted octanol–water partition coefficient (Wildman–Crippen LogP) is 1.52. The van der Waals surface area contributed by atoms with Gasteiger partial charge in [-0.3, -0.25) is 4.68 Å². The minimum absolute atomic E-state index is 0.599. The zero-order valence-electron chi connectivity index (χ0n) is 8.22. The molecule has 1 heterocycles. The molecule has 2 rings (SSSR count). The molecule has 2 N–H and O–H groups in total. The fourth-order valence-electron chi connectivity index (χ4n) is 1.23. The topological polar surface area (TPSA) is 43.8 Å². The normalized spacial score (nSPS) is 9.33. The minimum atomic E-state index is 0.599. The number of nitrogens with zero attached hydrogens (tertiary/aromatic N) is 2. The van der Waals surface area contributed by atoms with Crippen molar-refractivity contribution in [2.75, 3.05) is 5.73 Å². The van der Waals surface area contributed by atoms with Crippen LogP contribution in [-0.4, -0.2) is 9.78 Å². The van der Waals surface area contributed by atoms with Crippen LogP contribution in [0.1, 0.15) is 5.56 Å². The molecule has 0 fully saturated rings. The van der Waals surface area contributed by atoms with Gasteiger partial charge in [-0.1, -0.05) is 17.9 Å². The van der Waals surface area contributed by atoms with Crippen LogP contribution >= 0.6 is 0 Å². The highest BCUT2D eigenvalue weighted by atomic mass is 15.3. The van der Waals surface area contributed by atoms with Crippen LogP contribution in [0.4, 0.5) is 5.69 Å². The number of nitrogens with two attached hydrogens (primary N) is 1. The number of anilines is 1. The summed E-state index contributed by atoms with van der Waals surface area (Å²) in [4.78, 5) is 0. The van der Waals surface area contributed by atoms with E-state index in [1.165, 1.54) is 0 Å². The maximum Gasteiger partial charge on any atom is 0.102 e. The molecule has 0 bridgehead atoms. The molecule has 0 spiro atoms. The number of hydrogen-bond acceptors (Lipinski definition) is 2. The monoisotopic (exact) mass is 197 g/mol. The number of nitrogen functional groups attached to an aromatic ring is 1. The summed E-state index contributed by atoms with van der Waals surface area (Å²) >= 11 is 0. The van der Waals surface area contributed by atoms with E-state index in [0.29, 0.717) is 6.54 Å². The van der Waals surface area contributed by atoms with Gasteiger partial charge in [0, 0.05) is 23.6 Å². The van der Waals surface area contributed by atoms with E-state index in [4.69, 9.17) is 5.73 Å². The minimum Gasteiger partial charge on any atom is -0.399 e. The molecule has 3 nitrogen and oxygen atoms in total. The van der Waals surface area contributed by atoms with Crippen LogP contribution in [0.2, 0.25) is 0 Å². The molecular weight excluding hydrogens is 186 g/mol. The lowest BCUT2D eigenvalue weighted by Crippen LogP contribution is -1.94. The van der Waals surface area contributed by atoms with Crippen LogP contribution in [0.5, 0.6) is 0 Å². The number of benzene rings is 1. The maximum atomic E-state index is 5.64. The van der Waals surface area contributed by atoms with E-state index >= 15 is 0 Å². The molecule has 0 aliphatic carbocycles. The molecule has 0 aliphatic rings. The SMILES string of the molecule is Nc1cccc(C#CCn2cccn2)c1. The Balaban J connectivity index is 2.06. The highest BCUT2D eigenvalue weighted by Gasteiger charge is 1.87. The maximum absolute atomic E-state index is 5.64. The summed E-state index contributed by atoms with van der Waals surface area (Å²) in [6.45, 7) is 0.599. The van der Waals surface area contributed by atoms with Crippen molar-refractivity contribution in [3.05, 3.63) is 48.3 Å². The van der Waals surface area contributed by atoms with Gasteiger partial charge in [-0.25, -0.2) is 0 Å². The Labute approximate surface area is 88.5 Å². The van der Waals surface area contributed by atoms with Gasteiger partial charge in [0.05, 0.1) is 0 Å². The van der Waals surface area contributed by atoms with Gasteiger partial charge in [0.2, 0.25) is 0 Å². The van der Waals surface area contributed by atoms with E-state index in [9.17, 15) is 0 Å². The Morgan fingerprint density at radius 2 is 2.27 bits per heavy atom. The third kappa shape index (κ3) is 2.61. The highest BCUT2D eigenvalue weighted by Crippen LogP contribution is 2.04. The van der Waals surface area contributed by atoms with Crippen LogP contribution in [0.15, 0.2) is 42.7 Å². The van der Waals surface area contributed by atoms with Gasteiger partial charge in [0.25, 0.3) is 0 Å². The fourth-order valence-corrected chi connectivity index (χ4v) is 1.23. The van der Waals surface area contributed by atoms with Gasteiger partial charge >= 0.3 is 0 Å². The van der Waals surface area contributed by atoms with Crippen LogP contribution < -0.4 is 5.73 Å². The summed E-state index contributed by atoms with van der Waals surface area (Å²) in [6, 6.07) is 9.41. The number of rotatable bonds is 1. The average Bonchev–Trinajstić information content (AvgIpc) is 2.71. The van der Waals surface area contributed by atoms with Crippen LogP contribution in [0, 0.1) is 11.8 Å². The molecule has 15 heavy (non-hydrogen) atoms. The third-order valence-electron chi connectivity index (χ3n) is 1.92. The second-order valence-electron chi connectivity index (χ2n) is 3.13. The first-order chi connectivity index (χ1) is 7.34. The molecule has 1 aromatic heterocycles. The van der Waals surface area contributed by atoms with Crippen LogP contribution in [-0.2, 0) is 6.54 Å². The molecule has 74 valence electrons. The molecule has 0 radical (unpaired) electrons. The van der Waals surface area contributed by atoms with Gasteiger partial charge in [-0.05, 0) is 24.3 Å². The zero-order chi connectivity index (χ0) is 10.5. The van der Waals surface area contributed by atoms with E-state index in [2.05, 4.69) is 16.9 Å². The first-order valence-electron chi connectivity index (χ1n) is 4.66. The largest absolute Gasteiger partial charge is 0.399 e. The van der Waals surface area contributed by atoms with E-state index in [1.54, 1.807) is 10.9 Å². The van der Waals surface area contributed by atoms with Gasteiger partial charge in [0.15, 0.2) is 0 Å². The molecular formula is C12H11N3. The Morgan fingerprint density at radius 3 is 3.00 bits per heavy atom. The standard InChI is InChI=1S/C12H11N3/c13-12-6-1-4-11(10-12)5-2-8-15-9-3-7-14-15/h1,3-4,6-7,9-10H,8,13H2. The fraction of sp³-hybridized carbons (Fsp3) is 0.0833. The quantitative estimate of drug-likeness (QED) is 0.556. The molecule has 1 aromatic carbocycles. The Morgan fingerprint density at radius 1 is 1.33 bits per heavy atom. The summed E-state index contributed by atoms with van der Waals surface area (Å²) < 4.78 is 1.78. The van der Waals surface area contributed by atoms with Crippen molar-refractivity contribution in [3.8, 4) is 11.8 Å². The van der Waals surface area contributed by atoms with Gasteiger partial charge in [-0.2, -0.15) is 5.10 Å². The lowest BCUT2D eigenvalue weighted by molar-refractivity contribution is 0.715. The highest BCUT2D eigenvalue weighted by molar-refractivity contribution is 5.46. The second-order valence-corrected chi connectivity index (χ2v) is 3.13. The van der Waals surface area contributed by atoms with Crippen molar-refractivity contribution in [1.29, 1.82) is 0 Å². The summed E-state index contributed by atoms with van der Waals surface area (Å²) in [6.07, 6.45) is 3.62. The first-order valence-corrected chi connectivity index (χ1v) is 4.66. The van der Waals surface area contributed by atoms with E-state index in [0.717, 1.165) is 11.3 Å². The predicted molar refractivity (Wildman–Crippen MR) is 60.0 cm³/mol. The molecule has 0 atom stereocenters. The molecule has 0 unspecified atom stereocenters. The molecule has 0 saturated carbocycles. The van der Waals surface area contributed by atoms with Crippen molar-refractivity contribution < 1.29 is 0 Å². The molecule has 0 aliphatic heterocycles. The molecule has 2 aromatic rings. The molecule has 3 heteroatoms. The lowest BCUT2D eigenvalue weighted by Gasteiger charge is -1.93. The summed E-state index contributed by atoms with van der Waals surface area (Å²) in [7, 11) is 0. The summed E-state index contributed by atoms with van der Waals surface area (Å²) in [5.41, 5.74) is 7.31. The van der Waals surface area contributed by atoms with Crippen molar-refractivity contribution in [2.24, 2.45) is 0 Å². The van der Waals surface area contributed by atoms with Crippen LogP contribution in [0.25, 0.3) is 0 Å². The zero-order valence-corrected chi connectivity index (χ0v) is 8.22. The Kier molecular flexibility index (Phi) is 2.70.